The summed E-state index contributed by atoms with van der Waals surface area (Å²) >= 11 is 0. The van der Waals surface area contributed by atoms with Gasteiger partial charge < -0.3 is 10.4 Å². The fourth-order valence-electron chi connectivity index (χ4n) is 1.90. The average molecular weight is 260 g/mol. The first kappa shape index (κ1) is 13.1. The summed E-state index contributed by atoms with van der Waals surface area (Å²) in [5, 5.41) is 16.3. The standard InChI is InChI=1S/C13H16N4O2/c1-8-10(9(2)17(3)16-8)7-14-12-6-4-5-11(15-12)13(18)19/h4-6H,7H2,1-3H3,(H,14,15)(H,18,19). The summed E-state index contributed by atoms with van der Waals surface area (Å²) in [6, 6.07) is 4.88. The summed E-state index contributed by atoms with van der Waals surface area (Å²) in [4.78, 5) is 14.9. The van der Waals surface area contributed by atoms with E-state index in [9.17, 15) is 4.79 Å². The first-order valence-corrected chi connectivity index (χ1v) is 5.92. The van der Waals surface area contributed by atoms with E-state index in [1.54, 1.807) is 12.1 Å². The Morgan fingerprint density at radius 3 is 2.74 bits per heavy atom. The van der Waals surface area contributed by atoms with Gasteiger partial charge in [-0.15, -0.1) is 0 Å². The Kier molecular flexibility index (Phi) is 3.50. The molecule has 0 aliphatic heterocycles. The van der Waals surface area contributed by atoms with E-state index >= 15 is 0 Å². The molecule has 0 saturated carbocycles. The Morgan fingerprint density at radius 1 is 1.42 bits per heavy atom. The molecule has 2 aromatic rings. The zero-order valence-electron chi connectivity index (χ0n) is 11.1. The van der Waals surface area contributed by atoms with Crippen LogP contribution in [0.4, 0.5) is 5.82 Å². The maximum Gasteiger partial charge on any atom is 0.354 e. The lowest BCUT2D eigenvalue weighted by molar-refractivity contribution is 0.0690. The van der Waals surface area contributed by atoms with Crippen LogP contribution in [-0.2, 0) is 13.6 Å². The number of carboxylic acid groups (broad SMARTS) is 1. The second kappa shape index (κ2) is 5.09. The lowest BCUT2D eigenvalue weighted by Crippen LogP contribution is -2.07. The third kappa shape index (κ3) is 2.73. The summed E-state index contributed by atoms with van der Waals surface area (Å²) in [6.45, 7) is 4.52. The molecule has 0 bridgehead atoms. The predicted octanol–water partition coefficient (Wildman–Crippen LogP) is 1.74. The minimum atomic E-state index is -1.03. The lowest BCUT2D eigenvalue weighted by atomic mass is 10.2. The van der Waals surface area contributed by atoms with Crippen LogP contribution in [-0.4, -0.2) is 25.8 Å². The van der Waals surface area contributed by atoms with Gasteiger partial charge in [-0.25, -0.2) is 9.78 Å². The number of hydrogen-bond acceptors (Lipinski definition) is 4. The molecule has 0 radical (unpaired) electrons. The van der Waals surface area contributed by atoms with E-state index in [0.29, 0.717) is 12.4 Å². The van der Waals surface area contributed by atoms with Gasteiger partial charge in [-0.1, -0.05) is 6.07 Å². The highest BCUT2D eigenvalue weighted by molar-refractivity contribution is 5.85. The van der Waals surface area contributed by atoms with Crippen LogP contribution in [0.15, 0.2) is 18.2 Å². The summed E-state index contributed by atoms with van der Waals surface area (Å²) < 4.78 is 1.83. The maximum atomic E-state index is 10.8. The molecule has 100 valence electrons. The normalized spacial score (nSPS) is 10.5. The fourth-order valence-corrected chi connectivity index (χ4v) is 1.90. The molecule has 2 aromatic heterocycles. The molecule has 0 amide bonds. The minimum absolute atomic E-state index is 0.0321. The van der Waals surface area contributed by atoms with Crippen molar-refractivity contribution in [2.45, 2.75) is 20.4 Å². The van der Waals surface area contributed by atoms with E-state index < -0.39 is 5.97 Å². The number of rotatable bonds is 4. The number of pyridine rings is 1. The number of hydrogen-bond donors (Lipinski definition) is 2. The first-order chi connectivity index (χ1) is 8.99. The number of nitrogens with zero attached hydrogens (tertiary/aromatic N) is 3. The second-order valence-corrected chi connectivity index (χ2v) is 4.34. The third-order valence-corrected chi connectivity index (χ3v) is 3.07. The first-order valence-electron chi connectivity index (χ1n) is 5.92. The molecule has 0 spiro atoms. The van der Waals surface area contributed by atoms with E-state index in [2.05, 4.69) is 15.4 Å². The third-order valence-electron chi connectivity index (χ3n) is 3.07. The average Bonchev–Trinajstić information content (AvgIpc) is 2.61. The molecule has 0 aromatic carbocycles. The number of aryl methyl sites for hydroxylation is 2. The van der Waals surface area contributed by atoms with Gasteiger partial charge in [0.1, 0.15) is 5.82 Å². The van der Waals surface area contributed by atoms with Crippen LogP contribution in [0.3, 0.4) is 0 Å². The van der Waals surface area contributed by atoms with Crippen molar-refractivity contribution >= 4 is 11.8 Å². The smallest absolute Gasteiger partial charge is 0.354 e. The Hall–Kier alpha value is -2.37. The summed E-state index contributed by atoms with van der Waals surface area (Å²) in [6.07, 6.45) is 0. The van der Waals surface area contributed by atoms with Crippen LogP contribution >= 0.6 is 0 Å². The van der Waals surface area contributed by atoms with Crippen LogP contribution in [0.5, 0.6) is 0 Å². The van der Waals surface area contributed by atoms with Crippen molar-refractivity contribution < 1.29 is 9.90 Å². The molecule has 0 aliphatic carbocycles. The monoisotopic (exact) mass is 260 g/mol. The molecule has 0 saturated heterocycles. The van der Waals surface area contributed by atoms with Gasteiger partial charge in [-0.3, -0.25) is 4.68 Å². The molecule has 19 heavy (non-hydrogen) atoms. The Balaban J connectivity index is 2.14. The van der Waals surface area contributed by atoms with Gasteiger partial charge in [-0.05, 0) is 26.0 Å². The minimum Gasteiger partial charge on any atom is -0.477 e. The van der Waals surface area contributed by atoms with E-state index in [4.69, 9.17) is 5.11 Å². The zero-order chi connectivity index (χ0) is 14.0. The summed E-state index contributed by atoms with van der Waals surface area (Å²) in [5.41, 5.74) is 3.18. The Labute approximate surface area is 111 Å². The van der Waals surface area contributed by atoms with E-state index in [0.717, 1.165) is 17.0 Å². The molecule has 2 rings (SSSR count). The molecule has 6 nitrogen and oxygen atoms in total. The van der Waals surface area contributed by atoms with E-state index in [1.807, 2.05) is 25.6 Å². The quantitative estimate of drug-likeness (QED) is 0.875. The van der Waals surface area contributed by atoms with Crippen LogP contribution < -0.4 is 5.32 Å². The number of anilines is 1. The SMILES string of the molecule is Cc1nn(C)c(C)c1CNc1cccc(C(=O)O)n1. The summed E-state index contributed by atoms with van der Waals surface area (Å²) in [7, 11) is 1.90. The highest BCUT2D eigenvalue weighted by atomic mass is 16.4. The van der Waals surface area contributed by atoms with Crippen molar-refractivity contribution in [3.8, 4) is 0 Å². The molecule has 0 aliphatic rings. The van der Waals surface area contributed by atoms with Gasteiger partial charge in [0.2, 0.25) is 0 Å². The molecule has 2 N–H and O–H groups in total. The maximum absolute atomic E-state index is 10.8. The zero-order valence-corrected chi connectivity index (χ0v) is 11.1. The number of aromatic nitrogens is 3. The highest BCUT2D eigenvalue weighted by Gasteiger charge is 2.10. The Morgan fingerprint density at radius 2 is 2.16 bits per heavy atom. The van der Waals surface area contributed by atoms with Crippen LogP contribution in [0.2, 0.25) is 0 Å². The van der Waals surface area contributed by atoms with Crippen molar-refractivity contribution in [1.29, 1.82) is 0 Å². The van der Waals surface area contributed by atoms with Gasteiger partial charge >= 0.3 is 5.97 Å². The fraction of sp³-hybridized carbons (Fsp3) is 0.308. The van der Waals surface area contributed by atoms with Crippen molar-refractivity contribution in [2.75, 3.05) is 5.32 Å². The van der Waals surface area contributed by atoms with Crippen molar-refractivity contribution in [3.05, 3.63) is 40.8 Å². The van der Waals surface area contributed by atoms with E-state index in [1.165, 1.54) is 6.07 Å². The van der Waals surface area contributed by atoms with Crippen LogP contribution in [0.25, 0.3) is 0 Å². The van der Waals surface area contributed by atoms with Crippen molar-refractivity contribution in [3.63, 3.8) is 0 Å². The molecule has 0 unspecified atom stereocenters. The molecule has 0 atom stereocenters. The summed E-state index contributed by atoms with van der Waals surface area (Å²) in [5.74, 6) is -0.486. The van der Waals surface area contributed by atoms with Crippen LogP contribution in [0, 0.1) is 13.8 Å². The molecular formula is C13H16N4O2. The van der Waals surface area contributed by atoms with Gasteiger partial charge in [0.15, 0.2) is 5.69 Å². The Bertz CT molecular complexity index is 619. The van der Waals surface area contributed by atoms with Crippen molar-refractivity contribution in [1.82, 2.24) is 14.8 Å². The predicted molar refractivity (Wildman–Crippen MR) is 71.2 cm³/mol. The van der Waals surface area contributed by atoms with Gasteiger partial charge in [-0.2, -0.15) is 5.10 Å². The molecule has 2 heterocycles. The number of carboxylic acids is 1. The molecule has 6 heteroatoms. The van der Waals surface area contributed by atoms with Gasteiger partial charge in [0.05, 0.1) is 5.69 Å². The topological polar surface area (TPSA) is 80.0 Å². The highest BCUT2D eigenvalue weighted by Crippen LogP contribution is 2.14. The molecular weight excluding hydrogens is 244 g/mol. The molecule has 0 fully saturated rings. The lowest BCUT2D eigenvalue weighted by Gasteiger charge is -2.06. The number of aromatic carboxylic acids is 1. The largest absolute Gasteiger partial charge is 0.477 e. The number of carbonyl (C=O) groups is 1. The van der Waals surface area contributed by atoms with Gasteiger partial charge in [0, 0.05) is 24.8 Å². The van der Waals surface area contributed by atoms with Gasteiger partial charge in [0.25, 0.3) is 0 Å². The van der Waals surface area contributed by atoms with Crippen LogP contribution in [0.1, 0.15) is 27.4 Å². The number of nitrogens with one attached hydrogen (secondary N) is 1. The second-order valence-electron chi connectivity index (χ2n) is 4.34. The van der Waals surface area contributed by atoms with E-state index in [-0.39, 0.29) is 5.69 Å². The van der Waals surface area contributed by atoms with Crippen molar-refractivity contribution in [2.24, 2.45) is 7.05 Å².